The lowest BCUT2D eigenvalue weighted by molar-refractivity contribution is 0.0366. The maximum Gasteiger partial charge on any atom is 0.119 e. The molecule has 2 aromatic carbocycles. The zero-order chi connectivity index (χ0) is 19.3. The van der Waals surface area contributed by atoms with Crippen LogP contribution in [-0.4, -0.2) is 47.1 Å². The van der Waals surface area contributed by atoms with Gasteiger partial charge in [0.25, 0.3) is 0 Å². The van der Waals surface area contributed by atoms with Crippen molar-refractivity contribution in [3.63, 3.8) is 0 Å². The summed E-state index contributed by atoms with van der Waals surface area (Å²) < 4.78 is 16.5. The summed E-state index contributed by atoms with van der Waals surface area (Å²) in [7, 11) is 4.05. The molecule has 0 spiro atoms. The van der Waals surface area contributed by atoms with Gasteiger partial charge >= 0.3 is 0 Å². The Morgan fingerprint density at radius 1 is 0.704 bits per heavy atom. The molecule has 0 bridgehead atoms. The highest BCUT2D eigenvalue weighted by Gasteiger charge is 1.96. The van der Waals surface area contributed by atoms with Gasteiger partial charge in [0.05, 0.1) is 19.8 Å². The maximum atomic E-state index is 5.67. The smallest absolute Gasteiger partial charge is 0.119 e. The van der Waals surface area contributed by atoms with E-state index in [1.165, 1.54) is 5.69 Å². The molecule has 27 heavy (non-hydrogen) atoms. The molecular weight excluding hydrogens is 338 g/mol. The molecule has 0 fully saturated rings. The highest BCUT2D eigenvalue weighted by atomic mass is 16.5. The van der Waals surface area contributed by atoms with Crippen molar-refractivity contribution < 1.29 is 14.2 Å². The molecule has 0 atom stereocenters. The first-order chi connectivity index (χ1) is 13.2. The van der Waals surface area contributed by atoms with Gasteiger partial charge in [-0.2, -0.15) is 0 Å². The van der Waals surface area contributed by atoms with Crippen molar-refractivity contribution in [3.05, 3.63) is 59.7 Å². The van der Waals surface area contributed by atoms with Gasteiger partial charge < -0.3 is 19.1 Å². The fraction of sp³-hybridized carbons (Fsp3) is 0.391. The lowest BCUT2D eigenvalue weighted by atomic mass is 10.1. The Morgan fingerprint density at radius 2 is 1.22 bits per heavy atom. The van der Waals surface area contributed by atoms with E-state index in [2.05, 4.69) is 35.8 Å². The van der Waals surface area contributed by atoms with Crippen LogP contribution in [0.25, 0.3) is 0 Å². The Bertz CT molecular complexity index is 712. The third kappa shape index (κ3) is 8.17. The lowest BCUT2D eigenvalue weighted by Crippen LogP contribution is -2.11. The standard InChI is InChI=1S/C23H29NO3/c1-4-15-25-16-17-26-18-19-27-23-13-9-21(10-14-23)6-5-20-7-11-22(12-8-20)24(2)3/h7-14H,4,15-19H2,1-3H3. The number of hydrogen-bond acceptors (Lipinski definition) is 4. The highest BCUT2D eigenvalue weighted by molar-refractivity contribution is 5.51. The van der Waals surface area contributed by atoms with Crippen molar-refractivity contribution in [3.8, 4) is 17.6 Å². The second-order valence-electron chi connectivity index (χ2n) is 6.29. The van der Waals surface area contributed by atoms with Gasteiger partial charge in [0.1, 0.15) is 12.4 Å². The largest absolute Gasteiger partial charge is 0.491 e. The summed E-state index contributed by atoms with van der Waals surface area (Å²) in [5.41, 5.74) is 3.13. The molecule has 4 heteroatoms. The molecule has 4 nitrogen and oxygen atoms in total. The molecule has 0 amide bonds. The first kappa shape index (κ1) is 20.8. The third-order valence-electron chi connectivity index (χ3n) is 3.81. The van der Waals surface area contributed by atoms with Gasteiger partial charge in [-0.05, 0) is 55.0 Å². The summed E-state index contributed by atoms with van der Waals surface area (Å²) in [4.78, 5) is 2.07. The number of hydrogen-bond donors (Lipinski definition) is 0. The van der Waals surface area contributed by atoms with Crippen molar-refractivity contribution in [2.24, 2.45) is 0 Å². The van der Waals surface area contributed by atoms with E-state index in [0.29, 0.717) is 26.4 Å². The maximum absolute atomic E-state index is 5.67. The molecule has 0 N–H and O–H groups in total. The number of nitrogens with zero attached hydrogens (tertiary/aromatic N) is 1. The Morgan fingerprint density at radius 3 is 1.78 bits per heavy atom. The average molecular weight is 367 g/mol. The first-order valence-corrected chi connectivity index (χ1v) is 9.37. The molecule has 0 aliphatic heterocycles. The Balaban J connectivity index is 1.72. The molecule has 0 aromatic heterocycles. The van der Waals surface area contributed by atoms with E-state index in [-0.39, 0.29) is 0 Å². The molecule has 0 heterocycles. The van der Waals surface area contributed by atoms with Crippen LogP contribution in [0, 0.1) is 11.8 Å². The summed E-state index contributed by atoms with van der Waals surface area (Å²) in [6, 6.07) is 16.0. The quantitative estimate of drug-likeness (QED) is 0.470. The van der Waals surface area contributed by atoms with Crippen molar-refractivity contribution >= 4 is 5.69 Å². The highest BCUT2D eigenvalue weighted by Crippen LogP contribution is 2.13. The van der Waals surface area contributed by atoms with Gasteiger partial charge in [-0.15, -0.1) is 0 Å². The van der Waals surface area contributed by atoms with Crippen LogP contribution in [0.2, 0.25) is 0 Å². The van der Waals surface area contributed by atoms with E-state index in [0.717, 1.165) is 29.9 Å². The summed E-state index contributed by atoms with van der Waals surface area (Å²) >= 11 is 0. The molecular formula is C23H29NO3. The monoisotopic (exact) mass is 367 g/mol. The van der Waals surface area contributed by atoms with Crippen molar-refractivity contribution in [1.29, 1.82) is 0 Å². The first-order valence-electron chi connectivity index (χ1n) is 9.37. The molecule has 0 aliphatic rings. The second-order valence-corrected chi connectivity index (χ2v) is 6.29. The van der Waals surface area contributed by atoms with E-state index in [1.54, 1.807) is 0 Å². The number of rotatable bonds is 10. The van der Waals surface area contributed by atoms with E-state index in [4.69, 9.17) is 14.2 Å². The van der Waals surface area contributed by atoms with Gasteiger partial charge in [0, 0.05) is 37.5 Å². The molecule has 0 unspecified atom stereocenters. The summed E-state index contributed by atoms with van der Waals surface area (Å²) in [6.45, 7) is 5.20. The molecule has 0 radical (unpaired) electrons. The van der Waals surface area contributed by atoms with Gasteiger partial charge in [-0.1, -0.05) is 18.8 Å². The Kier molecular flexibility index (Phi) is 9.26. The van der Waals surface area contributed by atoms with E-state index in [9.17, 15) is 0 Å². The average Bonchev–Trinajstić information content (AvgIpc) is 2.69. The van der Waals surface area contributed by atoms with Crippen molar-refractivity contribution in [1.82, 2.24) is 0 Å². The summed E-state index contributed by atoms with van der Waals surface area (Å²) in [5, 5.41) is 0. The van der Waals surface area contributed by atoms with Gasteiger partial charge in [-0.25, -0.2) is 0 Å². The second kappa shape index (κ2) is 12.0. The fourth-order valence-electron chi connectivity index (χ4n) is 2.31. The minimum absolute atomic E-state index is 0.525. The van der Waals surface area contributed by atoms with Crippen LogP contribution in [0.1, 0.15) is 24.5 Å². The minimum Gasteiger partial charge on any atom is -0.491 e. The van der Waals surface area contributed by atoms with E-state index in [1.807, 2.05) is 50.5 Å². The van der Waals surface area contributed by atoms with Crippen LogP contribution in [-0.2, 0) is 9.47 Å². The topological polar surface area (TPSA) is 30.9 Å². The lowest BCUT2D eigenvalue weighted by Gasteiger charge is -2.11. The SMILES string of the molecule is CCCOCCOCCOc1ccc(C#Cc2ccc(N(C)C)cc2)cc1. The molecule has 144 valence electrons. The van der Waals surface area contributed by atoms with Crippen LogP contribution in [0.5, 0.6) is 5.75 Å². The number of anilines is 1. The van der Waals surface area contributed by atoms with Crippen molar-refractivity contribution in [2.45, 2.75) is 13.3 Å². The zero-order valence-corrected chi connectivity index (χ0v) is 16.5. The summed E-state index contributed by atoms with van der Waals surface area (Å²) in [5.74, 6) is 7.19. The molecule has 2 aromatic rings. The zero-order valence-electron chi connectivity index (χ0n) is 16.5. The van der Waals surface area contributed by atoms with E-state index >= 15 is 0 Å². The molecule has 0 saturated carbocycles. The minimum atomic E-state index is 0.525. The predicted molar refractivity (Wildman–Crippen MR) is 111 cm³/mol. The third-order valence-corrected chi connectivity index (χ3v) is 3.81. The van der Waals surface area contributed by atoms with Crippen LogP contribution >= 0.6 is 0 Å². The van der Waals surface area contributed by atoms with Gasteiger partial charge in [-0.3, -0.25) is 0 Å². The Hall–Kier alpha value is -2.48. The van der Waals surface area contributed by atoms with Crippen LogP contribution in [0.15, 0.2) is 48.5 Å². The van der Waals surface area contributed by atoms with Crippen LogP contribution in [0.4, 0.5) is 5.69 Å². The van der Waals surface area contributed by atoms with Crippen molar-refractivity contribution in [2.75, 3.05) is 52.0 Å². The fourth-order valence-corrected chi connectivity index (χ4v) is 2.31. The molecule has 0 saturated heterocycles. The normalized spacial score (nSPS) is 10.2. The number of ether oxygens (including phenoxy) is 3. The predicted octanol–water partition coefficient (Wildman–Crippen LogP) is 3.97. The molecule has 0 aliphatic carbocycles. The van der Waals surface area contributed by atoms with Gasteiger partial charge in [0.15, 0.2) is 0 Å². The molecule has 2 rings (SSSR count). The van der Waals surface area contributed by atoms with Gasteiger partial charge in [0.2, 0.25) is 0 Å². The van der Waals surface area contributed by atoms with E-state index < -0.39 is 0 Å². The van der Waals surface area contributed by atoms with Crippen LogP contribution in [0.3, 0.4) is 0 Å². The number of benzene rings is 2. The Labute approximate surface area is 163 Å². The van der Waals surface area contributed by atoms with Crippen LogP contribution < -0.4 is 9.64 Å². The summed E-state index contributed by atoms with van der Waals surface area (Å²) in [6.07, 6.45) is 1.03.